The molecule has 0 saturated heterocycles. The van der Waals surface area contributed by atoms with Crippen LogP contribution in [-0.4, -0.2) is 29.7 Å². The summed E-state index contributed by atoms with van der Waals surface area (Å²) in [6.45, 7) is 9.98. The highest BCUT2D eigenvalue weighted by atomic mass is 127. The molecule has 0 aliphatic heterocycles. The predicted molar refractivity (Wildman–Crippen MR) is 101 cm³/mol. The van der Waals surface area contributed by atoms with Gasteiger partial charge in [-0.05, 0) is 11.8 Å². The number of guanidine groups is 1. The Hall–Kier alpha value is -0.860. The minimum atomic E-state index is 0. The molecule has 2 N–H and O–H groups in total. The lowest BCUT2D eigenvalue weighted by Gasteiger charge is -2.26. The lowest BCUT2D eigenvalue weighted by Crippen LogP contribution is -2.41. The summed E-state index contributed by atoms with van der Waals surface area (Å²) in [5, 5.41) is 10.4. The third-order valence-electron chi connectivity index (χ3n) is 3.40. The minimum Gasteiger partial charge on any atom is -0.356 e. The number of nitrogens with one attached hydrogen (secondary N) is 2. The van der Waals surface area contributed by atoms with E-state index in [9.17, 15) is 0 Å². The standard InChI is InChI=1S/C15H29N5O.HI/c1-6-7-8-9-15(3,4)11-18-14(16-5)17-10-13-19-12(2)21-20-13;/h6-11H2,1-5H3,(H2,16,17,18);1H. The van der Waals surface area contributed by atoms with E-state index in [0.717, 1.165) is 12.5 Å². The van der Waals surface area contributed by atoms with Crippen LogP contribution in [0.25, 0.3) is 0 Å². The molecule has 6 nitrogen and oxygen atoms in total. The molecule has 1 heterocycles. The van der Waals surface area contributed by atoms with Crippen LogP contribution in [-0.2, 0) is 6.54 Å². The van der Waals surface area contributed by atoms with E-state index in [1.807, 2.05) is 0 Å². The number of aryl methyl sites for hydroxylation is 1. The molecule has 0 radical (unpaired) electrons. The first-order chi connectivity index (χ1) is 9.96. The van der Waals surface area contributed by atoms with E-state index in [-0.39, 0.29) is 29.4 Å². The fourth-order valence-electron chi connectivity index (χ4n) is 2.06. The molecule has 0 spiro atoms. The zero-order valence-electron chi connectivity index (χ0n) is 14.4. The van der Waals surface area contributed by atoms with Gasteiger partial charge in [-0.15, -0.1) is 24.0 Å². The van der Waals surface area contributed by atoms with Crippen molar-refractivity contribution in [2.45, 2.75) is 59.9 Å². The monoisotopic (exact) mass is 423 g/mol. The van der Waals surface area contributed by atoms with Crippen molar-refractivity contribution in [2.24, 2.45) is 10.4 Å². The normalized spacial score (nSPS) is 12.0. The Morgan fingerprint density at radius 1 is 1.27 bits per heavy atom. The highest BCUT2D eigenvalue weighted by molar-refractivity contribution is 14.0. The molecular weight excluding hydrogens is 393 g/mol. The Kier molecular flexibility index (Phi) is 10.4. The van der Waals surface area contributed by atoms with Gasteiger partial charge < -0.3 is 15.2 Å². The van der Waals surface area contributed by atoms with Crippen molar-refractivity contribution in [3.05, 3.63) is 11.7 Å². The summed E-state index contributed by atoms with van der Waals surface area (Å²) in [6.07, 6.45) is 5.05. The van der Waals surface area contributed by atoms with Gasteiger partial charge in [0.1, 0.15) is 0 Å². The molecule has 0 atom stereocenters. The van der Waals surface area contributed by atoms with Gasteiger partial charge in [0, 0.05) is 20.5 Å². The molecule has 0 fully saturated rings. The van der Waals surface area contributed by atoms with Gasteiger partial charge in [-0.25, -0.2) is 0 Å². The van der Waals surface area contributed by atoms with Crippen LogP contribution in [0.15, 0.2) is 9.52 Å². The second-order valence-electron chi connectivity index (χ2n) is 6.13. The lowest BCUT2D eigenvalue weighted by molar-refractivity contribution is 0.318. The highest BCUT2D eigenvalue weighted by Gasteiger charge is 2.17. The Labute approximate surface area is 150 Å². The van der Waals surface area contributed by atoms with Crippen LogP contribution in [0.2, 0.25) is 0 Å². The number of hydrogen-bond donors (Lipinski definition) is 2. The van der Waals surface area contributed by atoms with E-state index in [4.69, 9.17) is 4.52 Å². The topological polar surface area (TPSA) is 75.3 Å². The van der Waals surface area contributed by atoms with Crippen molar-refractivity contribution in [2.75, 3.05) is 13.6 Å². The molecule has 0 aliphatic rings. The van der Waals surface area contributed by atoms with Crippen molar-refractivity contribution in [3.8, 4) is 0 Å². The molecule has 0 aromatic carbocycles. The maximum atomic E-state index is 4.94. The first-order valence-electron chi connectivity index (χ1n) is 7.70. The quantitative estimate of drug-likeness (QED) is 0.291. The van der Waals surface area contributed by atoms with E-state index in [1.54, 1.807) is 14.0 Å². The molecular formula is C15H30IN5O. The maximum absolute atomic E-state index is 4.94. The maximum Gasteiger partial charge on any atom is 0.223 e. The van der Waals surface area contributed by atoms with Crippen LogP contribution >= 0.6 is 24.0 Å². The van der Waals surface area contributed by atoms with Gasteiger partial charge in [0.15, 0.2) is 11.8 Å². The molecule has 0 aliphatic carbocycles. The van der Waals surface area contributed by atoms with E-state index < -0.39 is 0 Å². The summed E-state index contributed by atoms with van der Waals surface area (Å²) in [4.78, 5) is 8.37. The molecule has 0 saturated carbocycles. The fraction of sp³-hybridized carbons (Fsp3) is 0.800. The minimum absolute atomic E-state index is 0. The molecule has 1 rings (SSSR count). The van der Waals surface area contributed by atoms with Crippen LogP contribution in [0.4, 0.5) is 0 Å². The number of hydrogen-bond acceptors (Lipinski definition) is 4. The van der Waals surface area contributed by atoms with Crippen LogP contribution in [0.3, 0.4) is 0 Å². The number of aliphatic imine (C=N–C) groups is 1. The summed E-state index contributed by atoms with van der Waals surface area (Å²) >= 11 is 0. The average Bonchev–Trinajstić information content (AvgIpc) is 2.85. The van der Waals surface area contributed by atoms with Crippen LogP contribution in [0.5, 0.6) is 0 Å². The Bertz CT molecular complexity index is 445. The first kappa shape index (κ1) is 21.1. The van der Waals surface area contributed by atoms with Gasteiger partial charge in [-0.1, -0.05) is 45.2 Å². The van der Waals surface area contributed by atoms with E-state index in [1.165, 1.54) is 25.7 Å². The second kappa shape index (κ2) is 10.8. The Morgan fingerprint density at radius 2 is 2.00 bits per heavy atom. The van der Waals surface area contributed by atoms with Gasteiger partial charge in [0.05, 0.1) is 6.54 Å². The average molecular weight is 423 g/mol. The molecule has 1 aromatic rings. The van der Waals surface area contributed by atoms with E-state index >= 15 is 0 Å². The highest BCUT2D eigenvalue weighted by Crippen LogP contribution is 2.22. The van der Waals surface area contributed by atoms with E-state index in [2.05, 4.69) is 46.5 Å². The zero-order valence-corrected chi connectivity index (χ0v) is 16.7. The molecule has 7 heteroatoms. The number of unbranched alkanes of at least 4 members (excludes halogenated alkanes) is 2. The number of rotatable bonds is 8. The molecule has 1 aromatic heterocycles. The van der Waals surface area contributed by atoms with Gasteiger partial charge >= 0.3 is 0 Å². The zero-order chi connectivity index (χ0) is 15.7. The smallest absolute Gasteiger partial charge is 0.223 e. The molecule has 0 bridgehead atoms. The van der Waals surface area contributed by atoms with Gasteiger partial charge in [-0.2, -0.15) is 4.98 Å². The van der Waals surface area contributed by atoms with Gasteiger partial charge in [0.2, 0.25) is 5.89 Å². The van der Waals surface area contributed by atoms with Crippen LogP contribution < -0.4 is 10.6 Å². The van der Waals surface area contributed by atoms with Crippen molar-refractivity contribution in [3.63, 3.8) is 0 Å². The molecule has 0 unspecified atom stereocenters. The lowest BCUT2D eigenvalue weighted by atomic mass is 9.87. The summed E-state index contributed by atoms with van der Waals surface area (Å²) in [5.74, 6) is 1.98. The van der Waals surface area contributed by atoms with Crippen molar-refractivity contribution in [1.29, 1.82) is 0 Å². The van der Waals surface area contributed by atoms with Crippen molar-refractivity contribution >= 4 is 29.9 Å². The summed E-state index contributed by atoms with van der Waals surface area (Å²) in [7, 11) is 1.76. The Balaban J connectivity index is 0.00000441. The third-order valence-corrected chi connectivity index (χ3v) is 3.40. The largest absolute Gasteiger partial charge is 0.356 e. The Morgan fingerprint density at radius 3 is 2.55 bits per heavy atom. The first-order valence-corrected chi connectivity index (χ1v) is 7.70. The summed E-state index contributed by atoms with van der Waals surface area (Å²) in [6, 6.07) is 0. The van der Waals surface area contributed by atoms with Crippen LogP contribution in [0, 0.1) is 12.3 Å². The van der Waals surface area contributed by atoms with Crippen molar-refractivity contribution in [1.82, 2.24) is 20.8 Å². The predicted octanol–water partition coefficient (Wildman–Crippen LogP) is 3.27. The third kappa shape index (κ3) is 8.55. The molecule has 128 valence electrons. The number of halogens is 1. The van der Waals surface area contributed by atoms with Crippen LogP contribution in [0.1, 0.15) is 58.2 Å². The fourth-order valence-corrected chi connectivity index (χ4v) is 2.06. The van der Waals surface area contributed by atoms with Crippen molar-refractivity contribution < 1.29 is 4.52 Å². The molecule has 0 amide bonds. The van der Waals surface area contributed by atoms with E-state index in [0.29, 0.717) is 18.3 Å². The number of nitrogens with zero attached hydrogens (tertiary/aromatic N) is 3. The SMILES string of the molecule is CCCCCC(C)(C)CNC(=NC)NCc1noc(C)n1.I. The number of aromatic nitrogens is 2. The summed E-state index contributed by atoms with van der Waals surface area (Å²) in [5.41, 5.74) is 0.259. The van der Waals surface area contributed by atoms with Gasteiger partial charge in [0.25, 0.3) is 0 Å². The van der Waals surface area contributed by atoms with Gasteiger partial charge in [-0.3, -0.25) is 4.99 Å². The second-order valence-corrected chi connectivity index (χ2v) is 6.13. The molecule has 22 heavy (non-hydrogen) atoms. The summed E-state index contributed by atoms with van der Waals surface area (Å²) < 4.78 is 4.94.